The molecule has 25 heavy (non-hydrogen) atoms. The van der Waals surface area contributed by atoms with Gasteiger partial charge in [0.1, 0.15) is 11.6 Å². The number of benzene rings is 2. The van der Waals surface area contributed by atoms with Crippen LogP contribution >= 0.6 is 0 Å². The fraction of sp³-hybridized carbons (Fsp3) is 0.263. The van der Waals surface area contributed by atoms with E-state index in [1.807, 2.05) is 6.07 Å². The lowest BCUT2D eigenvalue weighted by atomic mass is 10.00. The molecule has 1 aromatic heterocycles. The molecule has 4 rings (SSSR count). The number of ether oxygens (including phenoxy) is 1. The van der Waals surface area contributed by atoms with Crippen LogP contribution in [0.15, 0.2) is 47.0 Å². The van der Waals surface area contributed by atoms with Gasteiger partial charge in [-0.1, -0.05) is 11.2 Å². The van der Waals surface area contributed by atoms with E-state index in [4.69, 9.17) is 9.26 Å². The molecule has 1 aliphatic heterocycles. The maximum atomic E-state index is 12.9. The Morgan fingerprint density at radius 3 is 2.68 bits per heavy atom. The fourth-order valence-corrected chi connectivity index (χ4v) is 2.92. The Kier molecular flexibility index (Phi) is 4.43. The number of aromatic nitrogens is 2. The van der Waals surface area contributed by atoms with Crippen LogP contribution in [0, 0.1) is 5.82 Å². The normalized spacial score (nSPS) is 14.0. The predicted molar refractivity (Wildman–Crippen MR) is 90.7 cm³/mol. The van der Waals surface area contributed by atoms with Gasteiger partial charge in [-0.25, -0.2) is 4.39 Å². The van der Waals surface area contributed by atoms with Crippen LogP contribution in [0.25, 0.3) is 11.5 Å². The SMILES string of the molecule is Fc1ccc(OCc2noc(-c3ccc4c(c3)CCNCC4)n2)cc1. The lowest BCUT2D eigenvalue weighted by Gasteiger charge is -2.05. The molecule has 0 fully saturated rings. The zero-order valence-electron chi connectivity index (χ0n) is 13.7. The number of nitrogens with one attached hydrogen (secondary N) is 1. The summed E-state index contributed by atoms with van der Waals surface area (Å²) in [4.78, 5) is 4.39. The third kappa shape index (κ3) is 3.69. The van der Waals surface area contributed by atoms with Crippen LogP contribution in [-0.4, -0.2) is 23.2 Å². The molecule has 0 radical (unpaired) electrons. The highest BCUT2D eigenvalue weighted by atomic mass is 19.1. The van der Waals surface area contributed by atoms with Crippen molar-refractivity contribution in [2.45, 2.75) is 19.4 Å². The summed E-state index contributed by atoms with van der Waals surface area (Å²) >= 11 is 0. The number of rotatable bonds is 4. The van der Waals surface area contributed by atoms with Gasteiger partial charge in [-0.2, -0.15) is 4.98 Å². The largest absolute Gasteiger partial charge is 0.485 e. The molecular formula is C19H18FN3O2. The molecular weight excluding hydrogens is 321 g/mol. The number of halogens is 1. The topological polar surface area (TPSA) is 60.2 Å². The van der Waals surface area contributed by atoms with Gasteiger partial charge in [0.15, 0.2) is 6.61 Å². The minimum Gasteiger partial charge on any atom is -0.485 e. The van der Waals surface area contributed by atoms with Crippen LogP contribution in [0.4, 0.5) is 4.39 Å². The van der Waals surface area contributed by atoms with Gasteiger partial charge in [0.05, 0.1) is 0 Å². The molecule has 0 saturated carbocycles. The van der Waals surface area contributed by atoms with Crippen LogP contribution in [0.1, 0.15) is 17.0 Å². The summed E-state index contributed by atoms with van der Waals surface area (Å²) in [5, 5.41) is 7.36. The molecule has 3 aromatic rings. The van der Waals surface area contributed by atoms with Crippen LogP contribution < -0.4 is 10.1 Å². The predicted octanol–water partition coefficient (Wildman–Crippen LogP) is 3.14. The Labute approximate surface area is 144 Å². The molecule has 0 spiro atoms. The second kappa shape index (κ2) is 7.03. The van der Waals surface area contributed by atoms with E-state index in [1.54, 1.807) is 12.1 Å². The van der Waals surface area contributed by atoms with Crippen molar-refractivity contribution in [3.05, 3.63) is 65.2 Å². The van der Waals surface area contributed by atoms with Gasteiger partial charge in [0, 0.05) is 5.56 Å². The van der Waals surface area contributed by atoms with E-state index in [9.17, 15) is 4.39 Å². The average Bonchev–Trinajstić information content (AvgIpc) is 2.98. The first-order valence-electron chi connectivity index (χ1n) is 8.32. The van der Waals surface area contributed by atoms with Crippen molar-refractivity contribution in [1.82, 2.24) is 15.5 Å². The minimum absolute atomic E-state index is 0.171. The molecule has 0 atom stereocenters. The summed E-state index contributed by atoms with van der Waals surface area (Å²) in [6.45, 7) is 2.17. The quantitative estimate of drug-likeness (QED) is 0.791. The highest BCUT2D eigenvalue weighted by Crippen LogP contribution is 2.23. The Bertz CT molecular complexity index is 861. The number of nitrogens with zero attached hydrogens (tertiary/aromatic N) is 2. The summed E-state index contributed by atoms with van der Waals surface area (Å²) in [5.74, 6) is 1.20. The summed E-state index contributed by atoms with van der Waals surface area (Å²) in [5.41, 5.74) is 3.61. The van der Waals surface area contributed by atoms with Gasteiger partial charge < -0.3 is 14.6 Å². The smallest absolute Gasteiger partial charge is 0.258 e. The zero-order chi connectivity index (χ0) is 17.1. The van der Waals surface area contributed by atoms with Gasteiger partial charge in [-0.3, -0.25) is 0 Å². The Morgan fingerprint density at radius 1 is 1.04 bits per heavy atom. The highest BCUT2D eigenvalue weighted by Gasteiger charge is 2.13. The molecule has 0 bridgehead atoms. The van der Waals surface area contributed by atoms with E-state index in [1.165, 1.54) is 23.3 Å². The van der Waals surface area contributed by atoms with Gasteiger partial charge >= 0.3 is 0 Å². The van der Waals surface area contributed by atoms with E-state index in [2.05, 4.69) is 27.6 Å². The van der Waals surface area contributed by atoms with E-state index >= 15 is 0 Å². The molecule has 1 aliphatic rings. The number of fused-ring (bicyclic) bond motifs is 1. The molecule has 0 aliphatic carbocycles. The first-order valence-corrected chi connectivity index (χ1v) is 8.32. The average molecular weight is 339 g/mol. The third-order valence-corrected chi connectivity index (χ3v) is 4.25. The van der Waals surface area contributed by atoms with Crippen molar-refractivity contribution in [2.75, 3.05) is 13.1 Å². The van der Waals surface area contributed by atoms with Crippen molar-refractivity contribution >= 4 is 0 Å². The van der Waals surface area contributed by atoms with Crippen molar-refractivity contribution in [3.8, 4) is 17.2 Å². The summed E-state index contributed by atoms with van der Waals surface area (Å²) in [6.07, 6.45) is 2.04. The molecule has 0 unspecified atom stereocenters. The van der Waals surface area contributed by atoms with Crippen LogP contribution in [0.2, 0.25) is 0 Å². The lowest BCUT2D eigenvalue weighted by molar-refractivity contribution is 0.286. The fourth-order valence-electron chi connectivity index (χ4n) is 2.92. The number of hydrogen-bond donors (Lipinski definition) is 1. The van der Waals surface area contributed by atoms with Crippen LogP contribution in [0.3, 0.4) is 0 Å². The second-order valence-corrected chi connectivity index (χ2v) is 5.99. The monoisotopic (exact) mass is 339 g/mol. The maximum absolute atomic E-state index is 12.9. The molecule has 1 N–H and O–H groups in total. The summed E-state index contributed by atoms with van der Waals surface area (Å²) < 4.78 is 23.8. The van der Waals surface area contributed by atoms with Gasteiger partial charge in [0.2, 0.25) is 5.82 Å². The number of hydrogen-bond acceptors (Lipinski definition) is 5. The van der Waals surface area contributed by atoms with Crippen molar-refractivity contribution in [2.24, 2.45) is 0 Å². The van der Waals surface area contributed by atoms with Gasteiger partial charge in [-0.05, 0) is 73.5 Å². The third-order valence-electron chi connectivity index (χ3n) is 4.25. The Hall–Kier alpha value is -2.73. The molecule has 0 amide bonds. The Morgan fingerprint density at radius 2 is 1.84 bits per heavy atom. The molecule has 0 saturated heterocycles. The van der Waals surface area contributed by atoms with E-state index in [-0.39, 0.29) is 12.4 Å². The van der Waals surface area contributed by atoms with Gasteiger partial charge in [-0.15, -0.1) is 0 Å². The van der Waals surface area contributed by atoms with Crippen molar-refractivity contribution < 1.29 is 13.7 Å². The van der Waals surface area contributed by atoms with E-state index < -0.39 is 0 Å². The second-order valence-electron chi connectivity index (χ2n) is 5.99. The van der Waals surface area contributed by atoms with Gasteiger partial charge in [0.25, 0.3) is 5.89 Å². The summed E-state index contributed by atoms with van der Waals surface area (Å²) in [6, 6.07) is 12.1. The highest BCUT2D eigenvalue weighted by molar-refractivity contribution is 5.56. The zero-order valence-corrected chi connectivity index (χ0v) is 13.7. The van der Waals surface area contributed by atoms with Crippen molar-refractivity contribution in [3.63, 3.8) is 0 Å². The van der Waals surface area contributed by atoms with Crippen LogP contribution in [-0.2, 0) is 19.4 Å². The maximum Gasteiger partial charge on any atom is 0.258 e. The standard InChI is InChI=1S/C19H18FN3O2/c20-16-3-5-17(6-4-16)24-12-18-22-19(25-23-18)15-2-1-13-7-9-21-10-8-14(13)11-15/h1-6,11,21H,7-10,12H2. The first-order chi connectivity index (χ1) is 12.3. The molecule has 6 heteroatoms. The molecule has 5 nitrogen and oxygen atoms in total. The summed E-state index contributed by atoms with van der Waals surface area (Å²) in [7, 11) is 0. The van der Waals surface area contributed by atoms with Crippen LogP contribution in [0.5, 0.6) is 5.75 Å². The molecule has 2 heterocycles. The molecule has 2 aromatic carbocycles. The first kappa shape index (κ1) is 15.8. The Balaban J connectivity index is 1.47. The van der Waals surface area contributed by atoms with Crippen molar-refractivity contribution in [1.29, 1.82) is 0 Å². The molecule has 128 valence electrons. The minimum atomic E-state index is -0.299. The lowest BCUT2D eigenvalue weighted by Crippen LogP contribution is -2.16. The van der Waals surface area contributed by atoms with E-state index in [0.717, 1.165) is 31.5 Å². The van der Waals surface area contributed by atoms with E-state index in [0.29, 0.717) is 17.5 Å².